The fourth-order valence-electron chi connectivity index (χ4n) is 2.59. The van der Waals surface area contributed by atoms with E-state index in [0.717, 1.165) is 15.8 Å². The van der Waals surface area contributed by atoms with E-state index >= 15 is 0 Å². The van der Waals surface area contributed by atoms with Crippen molar-refractivity contribution in [1.29, 1.82) is 0 Å². The normalized spacial score (nSPS) is 11.5. The van der Waals surface area contributed by atoms with Crippen molar-refractivity contribution in [3.05, 3.63) is 76.6 Å². The molecule has 1 aromatic heterocycles. The van der Waals surface area contributed by atoms with Crippen LogP contribution in [0.4, 0.5) is 0 Å². The van der Waals surface area contributed by atoms with Gasteiger partial charge in [0.2, 0.25) is 0 Å². The lowest BCUT2D eigenvalue weighted by Gasteiger charge is -2.02. The molecule has 26 heavy (non-hydrogen) atoms. The molecule has 1 amide bonds. The molecule has 2 aromatic carbocycles. The minimum atomic E-state index is -0.440. The van der Waals surface area contributed by atoms with E-state index in [4.69, 9.17) is 0 Å². The van der Waals surface area contributed by atoms with Crippen LogP contribution >= 0.6 is 11.3 Å². The standard InChI is InChI=1S/C20H18N2O3S/c1-4-11-22-16-10-5-13(2)12-17(16)26-20(22)21-18(23)14-6-8-15(9-7-14)19(24)25-3/h4-10,12H,1,11H2,2-3H3. The average molecular weight is 366 g/mol. The number of methoxy groups -OCH3 is 1. The van der Waals surface area contributed by atoms with Gasteiger partial charge in [-0.2, -0.15) is 4.99 Å². The number of benzene rings is 2. The number of esters is 1. The van der Waals surface area contributed by atoms with Gasteiger partial charge in [0.25, 0.3) is 5.91 Å². The number of nitrogens with zero attached hydrogens (tertiary/aromatic N) is 2. The van der Waals surface area contributed by atoms with Crippen LogP contribution in [0.25, 0.3) is 10.2 Å². The largest absolute Gasteiger partial charge is 0.465 e. The highest BCUT2D eigenvalue weighted by atomic mass is 32.1. The summed E-state index contributed by atoms with van der Waals surface area (Å²) in [7, 11) is 1.32. The highest BCUT2D eigenvalue weighted by Crippen LogP contribution is 2.19. The van der Waals surface area contributed by atoms with Crippen LogP contribution < -0.4 is 4.80 Å². The summed E-state index contributed by atoms with van der Waals surface area (Å²) in [6, 6.07) is 12.4. The lowest BCUT2D eigenvalue weighted by molar-refractivity contribution is 0.0600. The lowest BCUT2D eigenvalue weighted by atomic mass is 10.1. The maximum atomic E-state index is 12.5. The molecule has 0 N–H and O–H groups in total. The molecule has 0 spiro atoms. The van der Waals surface area contributed by atoms with Crippen LogP contribution in [0, 0.1) is 6.92 Å². The van der Waals surface area contributed by atoms with Crippen molar-refractivity contribution in [2.45, 2.75) is 13.5 Å². The van der Waals surface area contributed by atoms with E-state index in [9.17, 15) is 9.59 Å². The number of amides is 1. The Labute approximate surface area is 154 Å². The van der Waals surface area contributed by atoms with Crippen LogP contribution in [0.2, 0.25) is 0 Å². The van der Waals surface area contributed by atoms with Gasteiger partial charge in [-0.05, 0) is 48.9 Å². The van der Waals surface area contributed by atoms with Gasteiger partial charge in [-0.1, -0.05) is 23.5 Å². The number of rotatable bonds is 4. The zero-order valence-corrected chi connectivity index (χ0v) is 15.4. The van der Waals surface area contributed by atoms with E-state index in [1.165, 1.54) is 18.4 Å². The van der Waals surface area contributed by atoms with Crippen molar-refractivity contribution in [3.63, 3.8) is 0 Å². The molecule has 0 atom stereocenters. The lowest BCUT2D eigenvalue weighted by Crippen LogP contribution is -2.16. The maximum absolute atomic E-state index is 12.5. The predicted octanol–water partition coefficient (Wildman–Crippen LogP) is 3.72. The van der Waals surface area contributed by atoms with Crippen LogP contribution in [0.1, 0.15) is 26.3 Å². The van der Waals surface area contributed by atoms with E-state index in [-0.39, 0.29) is 5.91 Å². The molecule has 1 heterocycles. The first-order chi connectivity index (χ1) is 12.5. The summed E-state index contributed by atoms with van der Waals surface area (Å²) >= 11 is 1.47. The molecular formula is C20H18N2O3S. The number of ether oxygens (including phenoxy) is 1. The minimum Gasteiger partial charge on any atom is -0.465 e. The summed E-state index contributed by atoms with van der Waals surface area (Å²) in [4.78, 5) is 28.9. The first-order valence-corrected chi connectivity index (χ1v) is 8.83. The van der Waals surface area contributed by atoms with Gasteiger partial charge >= 0.3 is 5.97 Å². The second kappa shape index (κ2) is 7.49. The number of hydrogen-bond donors (Lipinski definition) is 0. The van der Waals surface area contributed by atoms with Gasteiger partial charge in [0.05, 0.1) is 22.9 Å². The topological polar surface area (TPSA) is 60.7 Å². The van der Waals surface area contributed by atoms with E-state index in [2.05, 4.69) is 22.4 Å². The van der Waals surface area contributed by atoms with Crippen molar-refractivity contribution < 1.29 is 14.3 Å². The number of aryl methyl sites for hydroxylation is 1. The molecule has 5 nitrogen and oxygen atoms in total. The second-order valence-electron chi connectivity index (χ2n) is 5.74. The zero-order chi connectivity index (χ0) is 18.7. The summed E-state index contributed by atoms with van der Waals surface area (Å²) in [5, 5.41) is 0. The van der Waals surface area contributed by atoms with Gasteiger partial charge in [-0.15, -0.1) is 6.58 Å². The van der Waals surface area contributed by atoms with Crippen molar-refractivity contribution in [2.24, 2.45) is 4.99 Å². The summed E-state index contributed by atoms with van der Waals surface area (Å²) in [6.45, 7) is 6.38. The van der Waals surface area contributed by atoms with Gasteiger partial charge in [0, 0.05) is 12.1 Å². The number of allylic oxidation sites excluding steroid dienone is 1. The Bertz CT molecular complexity index is 1060. The molecule has 0 saturated heterocycles. The molecule has 3 aromatic rings. The number of thiazole rings is 1. The van der Waals surface area contributed by atoms with Crippen molar-refractivity contribution in [1.82, 2.24) is 4.57 Å². The average Bonchev–Trinajstić information content (AvgIpc) is 2.97. The van der Waals surface area contributed by atoms with E-state index in [0.29, 0.717) is 22.5 Å². The Morgan fingerprint density at radius 3 is 2.54 bits per heavy atom. The third kappa shape index (κ3) is 3.50. The third-order valence-electron chi connectivity index (χ3n) is 3.90. The number of carbonyl (C=O) groups excluding carboxylic acids is 2. The van der Waals surface area contributed by atoms with Crippen LogP contribution in [0.15, 0.2) is 60.1 Å². The summed E-state index contributed by atoms with van der Waals surface area (Å²) in [5.74, 6) is -0.799. The Balaban J connectivity index is 2.03. The van der Waals surface area contributed by atoms with Crippen molar-refractivity contribution >= 4 is 33.4 Å². The van der Waals surface area contributed by atoms with Gasteiger partial charge in [0.1, 0.15) is 0 Å². The Kier molecular flexibility index (Phi) is 5.14. The monoisotopic (exact) mass is 366 g/mol. The zero-order valence-electron chi connectivity index (χ0n) is 14.6. The van der Waals surface area contributed by atoms with Crippen LogP contribution in [0.3, 0.4) is 0 Å². The molecule has 0 aliphatic heterocycles. The predicted molar refractivity (Wildman–Crippen MR) is 102 cm³/mol. The molecule has 0 fully saturated rings. The van der Waals surface area contributed by atoms with Gasteiger partial charge in [-0.25, -0.2) is 4.79 Å². The minimum absolute atomic E-state index is 0.359. The molecule has 0 radical (unpaired) electrons. The fourth-order valence-corrected chi connectivity index (χ4v) is 3.73. The van der Waals surface area contributed by atoms with Crippen molar-refractivity contribution in [2.75, 3.05) is 7.11 Å². The number of aromatic nitrogens is 1. The van der Waals surface area contributed by atoms with Gasteiger partial charge in [-0.3, -0.25) is 4.79 Å². The van der Waals surface area contributed by atoms with Crippen molar-refractivity contribution in [3.8, 4) is 0 Å². The van der Waals surface area contributed by atoms with Crippen LogP contribution in [-0.4, -0.2) is 23.6 Å². The Morgan fingerprint density at radius 2 is 1.88 bits per heavy atom. The van der Waals surface area contributed by atoms with Gasteiger partial charge in [0.15, 0.2) is 4.80 Å². The smallest absolute Gasteiger partial charge is 0.337 e. The maximum Gasteiger partial charge on any atom is 0.337 e. The first-order valence-electron chi connectivity index (χ1n) is 8.02. The molecule has 0 saturated carbocycles. The molecule has 3 rings (SSSR count). The van der Waals surface area contributed by atoms with E-state index in [1.54, 1.807) is 30.3 Å². The third-order valence-corrected chi connectivity index (χ3v) is 4.94. The summed E-state index contributed by atoms with van der Waals surface area (Å²) in [6.07, 6.45) is 1.78. The Morgan fingerprint density at radius 1 is 1.19 bits per heavy atom. The first kappa shape index (κ1) is 17.8. The fraction of sp³-hybridized carbons (Fsp3) is 0.150. The van der Waals surface area contributed by atoms with Crippen LogP contribution in [-0.2, 0) is 11.3 Å². The summed E-state index contributed by atoms with van der Waals surface area (Å²) < 4.78 is 7.69. The molecule has 0 bridgehead atoms. The summed E-state index contributed by atoms with van der Waals surface area (Å²) in [5.41, 5.74) is 2.98. The second-order valence-corrected chi connectivity index (χ2v) is 6.75. The van der Waals surface area contributed by atoms with E-state index < -0.39 is 5.97 Å². The van der Waals surface area contributed by atoms with E-state index in [1.807, 2.05) is 23.6 Å². The highest BCUT2D eigenvalue weighted by molar-refractivity contribution is 7.16. The molecular weight excluding hydrogens is 348 g/mol. The molecule has 0 aliphatic carbocycles. The quantitative estimate of drug-likeness (QED) is 0.522. The van der Waals surface area contributed by atoms with Crippen LogP contribution in [0.5, 0.6) is 0 Å². The Hall–Kier alpha value is -2.99. The highest BCUT2D eigenvalue weighted by Gasteiger charge is 2.10. The molecule has 132 valence electrons. The molecule has 0 aliphatic rings. The molecule has 0 unspecified atom stereocenters. The number of carbonyl (C=O) groups is 2. The number of hydrogen-bond acceptors (Lipinski definition) is 4. The van der Waals surface area contributed by atoms with Gasteiger partial charge < -0.3 is 9.30 Å². The SMILES string of the molecule is C=CCn1c(=NC(=O)c2ccc(C(=O)OC)cc2)sc2cc(C)ccc21. The molecule has 6 heteroatoms. The number of fused-ring (bicyclic) bond motifs is 1.